The van der Waals surface area contributed by atoms with Gasteiger partial charge in [-0.15, -0.1) is 0 Å². The van der Waals surface area contributed by atoms with Crippen LogP contribution in [0.25, 0.3) is 10.9 Å². The minimum absolute atomic E-state index is 0.229. The molecule has 1 amide bonds. The number of fused-ring (bicyclic) bond motifs is 1. The van der Waals surface area contributed by atoms with Gasteiger partial charge in [-0.1, -0.05) is 51.8 Å². The second-order valence-corrected chi connectivity index (χ2v) is 7.17. The fourth-order valence-corrected chi connectivity index (χ4v) is 3.28. The van der Waals surface area contributed by atoms with Crippen molar-refractivity contribution in [1.29, 1.82) is 0 Å². The molecule has 0 saturated heterocycles. The number of pyridine rings is 1. The molecular weight excluding hydrogens is 432 g/mol. The summed E-state index contributed by atoms with van der Waals surface area (Å²) in [6, 6.07) is 15.3. The third kappa shape index (κ3) is 4.64. The molecule has 2 aromatic carbocycles. The van der Waals surface area contributed by atoms with Gasteiger partial charge in [0.2, 0.25) is 0 Å². The second kappa shape index (κ2) is 8.50. The minimum atomic E-state index is -0.870. The number of carbonyl (C=O) groups excluding carboxylic acids is 2. The zero-order valence-electron chi connectivity index (χ0n) is 14.4. The van der Waals surface area contributed by atoms with Gasteiger partial charge in [-0.05, 0) is 35.9 Å². The molecule has 7 heteroatoms. The van der Waals surface area contributed by atoms with E-state index in [9.17, 15) is 9.59 Å². The van der Waals surface area contributed by atoms with Crippen molar-refractivity contribution < 1.29 is 14.3 Å². The predicted octanol–water partition coefficient (Wildman–Crippen LogP) is 4.16. The summed E-state index contributed by atoms with van der Waals surface area (Å²) in [5.41, 5.74) is 1.72. The fourth-order valence-electron chi connectivity index (χ4n) is 2.68. The van der Waals surface area contributed by atoms with Crippen LogP contribution in [-0.2, 0) is 16.0 Å². The second-order valence-electron chi connectivity index (χ2n) is 5.88. The number of hydrogen-bond donors (Lipinski definition) is 1. The summed E-state index contributed by atoms with van der Waals surface area (Å²) in [6.07, 6.45) is 0.229. The quantitative estimate of drug-likeness (QED) is 0.596. The fraction of sp³-hybridized carbons (Fsp3) is 0.150. The maximum Gasteiger partial charge on any atom is 0.328 e. The van der Waals surface area contributed by atoms with Crippen LogP contribution < -0.4 is 5.32 Å². The number of methoxy groups -OCH3 is 1. The Morgan fingerprint density at radius 1 is 1.19 bits per heavy atom. The van der Waals surface area contributed by atoms with E-state index in [-0.39, 0.29) is 12.1 Å². The highest BCUT2D eigenvalue weighted by atomic mass is 79.9. The van der Waals surface area contributed by atoms with Crippen molar-refractivity contribution in [2.75, 3.05) is 7.11 Å². The summed E-state index contributed by atoms with van der Waals surface area (Å²) in [7, 11) is 1.28. The molecule has 0 radical (unpaired) electrons. The van der Waals surface area contributed by atoms with Gasteiger partial charge in [-0.2, -0.15) is 0 Å². The molecule has 0 bridgehead atoms. The Morgan fingerprint density at radius 2 is 1.96 bits per heavy atom. The van der Waals surface area contributed by atoms with E-state index in [1.807, 2.05) is 30.3 Å². The van der Waals surface area contributed by atoms with Gasteiger partial charge in [0.1, 0.15) is 11.7 Å². The largest absolute Gasteiger partial charge is 0.467 e. The molecule has 1 N–H and O–H groups in total. The van der Waals surface area contributed by atoms with E-state index in [4.69, 9.17) is 16.3 Å². The number of hydrogen-bond acceptors (Lipinski definition) is 4. The summed E-state index contributed by atoms with van der Waals surface area (Å²) >= 11 is 9.47. The molecule has 0 aliphatic carbocycles. The molecule has 1 heterocycles. The maximum atomic E-state index is 12.6. The third-order valence-electron chi connectivity index (χ3n) is 4.05. The van der Waals surface area contributed by atoms with E-state index in [0.29, 0.717) is 10.5 Å². The summed E-state index contributed by atoms with van der Waals surface area (Å²) < 4.78 is 5.63. The maximum absolute atomic E-state index is 12.6. The first-order chi connectivity index (χ1) is 13.0. The first-order valence-electron chi connectivity index (χ1n) is 8.16. The van der Waals surface area contributed by atoms with Crippen molar-refractivity contribution in [2.45, 2.75) is 12.5 Å². The molecule has 0 fully saturated rings. The number of nitrogens with zero attached hydrogens (tertiary/aromatic N) is 1. The van der Waals surface area contributed by atoms with Crippen molar-refractivity contribution >= 4 is 50.3 Å². The Morgan fingerprint density at radius 3 is 2.74 bits per heavy atom. The summed E-state index contributed by atoms with van der Waals surface area (Å²) in [4.78, 5) is 29.2. The van der Waals surface area contributed by atoms with E-state index in [2.05, 4.69) is 26.2 Å². The Bertz CT molecular complexity index is 1010. The van der Waals surface area contributed by atoms with Crippen LogP contribution in [0.5, 0.6) is 0 Å². The Hall–Kier alpha value is -2.44. The smallest absolute Gasteiger partial charge is 0.328 e. The van der Waals surface area contributed by atoms with Gasteiger partial charge in [0, 0.05) is 21.3 Å². The number of benzene rings is 2. The van der Waals surface area contributed by atoms with Gasteiger partial charge < -0.3 is 10.1 Å². The molecule has 0 aliphatic heterocycles. The molecule has 0 saturated carbocycles. The van der Waals surface area contributed by atoms with Crippen LogP contribution in [0.15, 0.2) is 59.1 Å². The lowest BCUT2D eigenvalue weighted by atomic mass is 10.1. The molecule has 27 heavy (non-hydrogen) atoms. The predicted molar refractivity (Wildman–Crippen MR) is 108 cm³/mol. The van der Waals surface area contributed by atoms with E-state index in [1.54, 1.807) is 24.3 Å². The van der Waals surface area contributed by atoms with E-state index in [0.717, 1.165) is 15.4 Å². The van der Waals surface area contributed by atoms with Crippen molar-refractivity contribution in [1.82, 2.24) is 10.3 Å². The normalized spacial score (nSPS) is 11.8. The molecule has 138 valence electrons. The molecule has 1 aromatic heterocycles. The van der Waals surface area contributed by atoms with Crippen molar-refractivity contribution in [3.05, 3.63) is 75.4 Å². The number of halogens is 2. The molecule has 0 spiro atoms. The molecule has 3 rings (SSSR count). The van der Waals surface area contributed by atoms with Crippen LogP contribution in [0.1, 0.15) is 16.1 Å². The van der Waals surface area contributed by atoms with E-state index < -0.39 is 17.9 Å². The lowest BCUT2D eigenvalue weighted by Crippen LogP contribution is -2.43. The summed E-state index contributed by atoms with van der Waals surface area (Å²) in [6.45, 7) is 0. The molecule has 3 aromatic rings. The lowest BCUT2D eigenvalue weighted by Gasteiger charge is -2.17. The molecule has 0 aliphatic rings. The number of rotatable bonds is 5. The highest BCUT2D eigenvalue weighted by Crippen LogP contribution is 2.23. The summed E-state index contributed by atoms with van der Waals surface area (Å²) in [5.74, 6) is -0.995. The van der Waals surface area contributed by atoms with Gasteiger partial charge in [0.15, 0.2) is 0 Å². The molecule has 5 nitrogen and oxygen atoms in total. The van der Waals surface area contributed by atoms with Gasteiger partial charge in [0.25, 0.3) is 5.91 Å². The lowest BCUT2D eigenvalue weighted by molar-refractivity contribution is -0.142. The van der Waals surface area contributed by atoms with Gasteiger partial charge in [0.05, 0.1) is 12.6 Å². The Labute approximate surface area is 169 Å². The van der Waals surface area contributed by atoms with Crippen LogP contribution in [0.3, 0.4) is 0 Å². The zero-order valence-corrected chi connectivity index (χ0v) is 16.8. The number of para-hydroxylation sites is 1. The van der Waals surface area contributed by atoms with Gasteiger partial charge >= 0.3 is 5.97 Å². The van der Waals surface area contributed by atoms with Crippen molar-refractivity contribution in [2.24, 2.45) is 0 Å². The van der Waals surface area contributed by atoms with Crippen LogP contribution in [0.4, 0.5) is 0 Å². The number of ether oxygens (including phenoxy) is 1. The highest BCUT2D eigenvalue weighted by Gasteiger charge is 2.24. The third-order valence-corrected chi connectivity index (χ3v) is 5.06. The Balaban J connectivity index is 1.83. The van der Waals surface area contributed by atoms with Crippen LogP contribution in [-0.4, -0.2) is 30.0 Å². The van der Waals surface area contributed by atoms with Crippen LogP contribution in [0.2, 0.25) is 5.02 Å². The van der Waals surface area contributed by atoms with E-state index >= 15 is 0 Å². The topological polar surface area (TPSA) is 68.3 Å². The number of carbonyl (C=O) groups is 2. The van der Waals surface area contributed by atoms with Gasteiger partial charge in [-0.25, -0.2) is 9.78 Å². The number of aromatic nitrogens is 1. The van der Waals surface area contributed by atoms with Gasteiger partial charge in [-0.3, -0.25) is 4.79 Å². The SMILES string of the molecule is COC(=O)[C@@H](Cc1cc(Cl)ccc1Br)NC(=O)c1ccc2ccccc2n1. The first-order valence-corrected chi connectivity index (χ1v) is 9.33. The van der Waals surface area contributed by atoms with Crippen LogP contribution in [0, 0.1) is 0 Å². The standard InChI is InChI=1S/C20H16BrClN2O3/c1-27-20(26)18(11-13-10-14(22)7-8-15(13)21)24-19(25)17-9-6-12-4-2-3-5-16(12)23-17/h2-10,18H,11H2,1H3,(H,24,25)/t18-/m1/s1. The molecular formula is C20H16BrClN2O3. The van der Waals surface area contributed by atoms with Crippen LogP contribution >= 0.6 is 27.5 Å². The Kier molecular flexibility index (Phi) is 6.08. The number of nitrogens with one attached hydrogen (secondary N) is 1. The van der Waals surface area contributed by atoms with Crippen molar-refractivity contribution in [3.63, 3.8) is 0 Å². The molecule has 0 unspecified atom stereocenters. The number of amides is 1. The first kappa shape index (κ1) is 19.3. The summed E-state index contributed by atoms with van der Waals surface area (Å²) in [5, 5.41) is 4.18. The molecule has 1 atom stereocenters. The zero-order chi connectivity index (χ0) is 19.4. The average molecular weight is 448 g/mol. The van der Waals surface area contributed by atoms with Crippen molar-refractivity contribution in [3.8, 4) is 0 Å². The highest BCUT2D eigenvalue weighted by molar-refractivity contribution is 9.10. The average Bonchev–Trinajstić information content (AvgIpc) is 2.69. The number of esters is 1. The monoisotopic (exact) mass is 446 g/mol. The van der Waals surface area contributed by atoms with E-state index in [1.165, 1.54) is 7.11 Å². The minimum Gasteiger partial charge on any atom is -0.467 e.